The van der Waals surface area contributed by atoms with E-state index in [1.807, 2.05) is 0 Å². The van der Waals surface area contributed by atoms with Crippen LogP contribution in [0.1, 0.15) is 23.1 Å². The van der Waals surface area contributed by atoms with Gasteiger partial charge < -0.3 is 15.0 Å². The fourth-order valence-corrected chi connectivity index (χ4v) is 5.27. The lowest BCUT2D eigenvalue weighted by Crippen LogP contribution is -2.45. The Labute approximate surface area is 239 Å². The maximum atomic E-state index is 12.6. The molecule has 3 aromatic carbocycles. The first kappa shape index (κ1) is 29.9. The van der Waals surface area contributed by atoms with Crippen LogP contribution in [-0.2, 0) is 19.6 Å². The summed E-state index contributed by atoms with van der Waals surface area (Å²) in [6, 6.07) is 21.4. The highest BCUT2D eigenvalue weighted by atomic mass is 35.5. The number of aryl methyl sites for hydroxylation is 2. The number of fused-ring (bicyclic) bond motifs is 1. The van der Waals surface area contributed by atoms with Crippen LogP contribution in [0.15, 0.2) is 72.9 Å². The predicted octanol–water partition coefficient (Wildman–Crippen LogP) is 6.60. The topological polar surface area (TPSA) is 46.7 Å². The molecule has 0 amide bonds. The minimum atomic E-state index is -4.71. The molecule has 5 rings (SSSR count). The molecule has 4 aromatic rings. The normalized spacial score (nSPS) is 14.8. The molecule has 0 bridgehead atoms. The second-order valence-electron chi connectivity index (χ2n) is 10.3. The second kappa shape index (κ2) is 13.1. The van der Waals surface area contributed by atoms with Gasteiger partial charge >= 0.3 is 6.36 Å². The van der Waals surface area contributed by atoms with E-state index in [0.29, 0.717) is 6.54 Å². The third-order valence-corrected chi connectivity index (χ3v) is 7.35. The Morgan fingerprint density at radius 2 is 1.43 bits per heavy atom. The SMILES string of the molecule is Cc1ccc(CN2CCN(Cc3ccc4c(c3)c(-c3ccc(OC(F)(F)F)cc3)cn4CCCN)CC2)cc1.Cl. The van der Waals surface area contributed by atoms with Crippen molar-refractivity contribution in [1.82, 2.24) is 14.4 Å². The number of ether oxygens (including phenoxy) is 1. The van der Waals surface area contributed by atoms with Crippen LogP contribution in [0.2, 0.25) is 0 Å². The number of rotatable bonds is 9. The molecule has 2 N–H and O–H groups in total. The largest absolute Gasteiger partial charge is 0.573 e. The number of alkyl halides is 3. The molecule has 1 fully saturated rings. The van der Waals surface area contributed by atoms with E-state index in [-0.39, 0.29) is 18.2 Å². The summed E-state index contributed by atoms with van der Waals surface area (Å²) < 4.78 is 44.1. The zero-order valence-electron chi connectivity index (χ0n) is 22.7. The Bertz CT molecular complexity index is 1380. The van der Waals surface area contributed by atoms with Gasteiger partial charge in [-0.25, -0.2) is 0 Å². The van der Waals surface area contributed by atoms with E-state index < -0.39 is 6.36 Å². The van der Waals surface area contributed by atoms with Crippen LogP contribution in [0.5, 0.6) is 5.75 Å². The lowest BCUT2D eigenvalue weighted by atomic mass is 10.0. The van der Waals surface area contributed by atoms with E-state index in [4.69, 9.17) is 5.73 Å². The highest BCUT2D eigenvalue weighted by Crippen LogP contribution is 2.34. The van der Waals surface area contributed by atoms with Crippen molar-refractivity contribution in [3.8, 4) is 16.9 Å². The molecule has 0 radical (unpaired) electrons. The molecule has 1 saturated heterocycles. The van der Waals surface area contributed by atoms with Gasteiger partial charge in [-0.15, -0.1) is 25.6 Å². The standard InChI is InChI=1S/C31H35F3N4O.ClH/c1-23-3-5-24(6-4-23)20-36-15-17-37(18-16-36)21-25-7-12-30-28(19-25)29(22-38(30)14-2-13-35)26-8-10-27(11-9-26)39-31(32,33)34;/h3-12,19,22H,2,13-18,20-21,35H2,1H3;1H. The second-order valence-corrected chi connectivity index (χ2v) is 10.3. The van der Waals surface area contributed by atoms with Crippen molar-refractivity contribution in [3.63, 3.8) is 0 Å². The van der Waals surface area contributed by atoms with Gasteiger partial charge in [0.2, 0.25) is 0 Å². The zero-order valence-corrected chi connectivity index (χ0v) is 23.5. The molecule has 1 aromatic heterocycles. The summed E-state index contributed by atoms with van der Waals surface area (Å²) in [5.74, 6) is -0.222. The molecule has 214 valence electrons. The predicted molar refractivity (Wildman–Crippen MR) is 157 cm³/mol. The van der Waals surface area contributed by atoms with Gasteiger partial charge in [0.25, 0.3) is 0 Å². The number of benzene rings is 3. The number of aromatic nitrogens is 1. The van der Waals surface area contributed by atoms with E-state index in [0.717, 1.165) is 74.3 Å². The molecule has 0 saturated carbocycles. The molecule has 9 heteroatoms. The minimum absolute atomic E-state index is 0. The van der Waals surface area contributed by atoms with Crippen molar-refractivity contribution in [2.75, 3.05) is 32.7 Å². The Balaban J connectivity index is 0.00000370. The van der Waals surface area contributed by atoms with Gasteiger partial charge in [0.05, 0.1) is 0 Å². The Kier molecular flexibility index (Phi) is 9.79. The van der Waals surface area contributed by atoms with E-state index in [2.05, 4.69) is 74.7 Å². The third-order valence-electron chi connectivity index (χ3n) is 7.35. The summed E-state index contributed by atoms with van der Waals surface area (Å²) in [6.45, 7) is 9.40. The lowest BCUT2D eigenvalue weighted by molar-refractivity contribution is -0.274. The van der Waals surface area contributed by atoms with Crippen molar-refractivity contribution < 1.29 is 17.9 Å². The first-order chi connectivity index (χ1) is 18.8. The Hall–Kier alpha value is -3.04. The lowest BCUT2D eigenvalue weighted by Gasteiger charge is -2.34. The molecular weight excluding hydrogens is 537 g/mol. The molecular formula is C31H36ClF3N4O. The quantitative estimate of drug-likeness (QED) is 0.245. The van der Waals surface area contributed by atoms with Gasteiger partial charge in [-0.1, -0.05) is 48.0 Å². The van der Waals surface area contributed by atoms with E-state index in [9.17, 15) is 13.2 Å². The smallest absolute Gasteiger partial charge is 0.406 e. The molecule has 2 heterocycles. The van der Waals surface area contributed by atoms with Gasteiger partial charge in [-0.2, -0.15) is 0 Å². The summed E-state index contributed by atoms with van der Waals surface area (Å²) >= 11 is 0. The van der Waals surface area contributed by atoms with Crippen LogP contribution in [-0.4, -0.2) is 53.5 Å². The summed E-state index contributed by atoms with van der Waals surface area (Å²) in [6.07, 6.45) is -1.79. The van der Waals surface area contributed by atoms with Crippen LogP contribution in [0.4, 0.5) is 13.2 Å². The fraction of sp³-hybridized carbons (Fsp3) is 0.355. The number of halogens is 4. The Morgan fingerprint density at radius 1 is 0.825 bits per heavy atom. The van der Waals surface area contributed by atoms with Gasteiger partial charge in [-0.3, -0.25) is 9.80 Å². The highest BCUT2D eigenvalue weighted by Gasteiger charge is 2.31. The molecule has 5 nitrogen and oxygen atoms in total. The first-order valence-corrected chi connectivity index (χ1v) is 13.5. The summed E-state index contributed by atoms with van der Waals surface area (Å²) in [5, 5.41) is 1.09. The maximum absolute atomic E-state index is 12.6. The zero-order chi connectivity index (χ0) is 27.4. The van der Waals surface area contributed by atoms with Crippen LogP contribution in [0.25, 0.3) is 22.0 Å². The van der Waals surface area contributed by atoms with Crippen LogP contribution >= 0.6 is 12.4 Å². The number of piperazine rings is 1. The van der Waals surface area contributed by atoms with Crippen LogP contribution in [0.3, 0.4) is 0 Å². The fourth-order valence-electron chi connectivity index (χ4n) is 5.27. The van der Waals surface area contributed by atoms with E-state index >= 15 is 0 Å². The molecule has 0 aliphatic carbocycles. The summed E-state index contributed by atoms with van der Waals surface area (Å²) in [4.78, 5) is 4.99. The highest BCUT2D eigenvalue weighted by molar-refractivity contribution is 5.96. The van der Waals surface area contributed by atoms with Crippen LogP contribution < -0.4 is 10.5 Å². The Morgan fingerprint density at radius 3 is 2.02 bits per heavy atom. The average molecular weight is 573 g/mol. The molecule has 0 unspecified atom stereocenters. The van der Waals surface area contributed by atoms with Crippen LogP contribution in [0, 0.1) is 6.92 Å². The minimum Gasteiger partial charge on any atom is -0.406 e. The van der Waals surface area contributed by atoms with Gasteiger partial charge in [0, 0.05) is 68.5 Å². The summed E-state index contributed by atoms with van der Waals surface area (Å²) in [7, 11) is 0. The summed E-state index contributed by atoms with van der Waals surface area (Å²) in [5.41, 5.74) is 12.6. The molecule has 0 atom stereocenters. The molecule has 1 aliphatic rings. The van der Waals surface area contributed by atoms with Gasteiger partial charge in [-0.05, 0) is 60.8 Å². The molecule has 1 aliphatic heterocycles. The first-order valence-electron chi connectivity index (χ1n) is 13.5. The number of nitrogens with two attached hydrogens (primary N) is 1. The molecule has 40 heavy (non-hydrogen) atoms. The van der Waals surface area contributed by atoms with E-state index in [1.54, 1.807) is 12.1 Å². The van der Waals surface area contributed by atoms with Crippen molar-refractivity contribution in [2.24, 2.45) is 5.73 Å². The average Bonchev–Trinajstić information content (AvgIpc) is 3.27. The number of nitrogens with zero attached hydrogens (tertiary/aromatic N) is 3. The third kappa shape index (κ3) is 7.57. The monoisotopic (exact) mass is 572 g/mol. The van der Waals surface area contributed by atoms with Crippen molar-refractivity contribution in [2.45, 2.75) is 39.3 Å². The van der Waals surface area contributed by atoms with Crippen molar-refractivity contribution >= 4 is 23.3 Å². The number of hydrogen-bond donors (Lipinski definition) is 1. The van der Waals surface area contributed by atoms with Gasteiger partial charge in [0.15, 0.2) is 0 Å². The molecule has 0 spiro atoms. The maximum Gasteiger partial charge on any atom is 0.573 e. The number of hydrogen-bond acceptors (Lipinski definition) is 4. The van der Waals surface area contributed by atoms with Crippen molar-refractivity contribution in [1.29, 1.82) is 0 Å². The van der Waals surface area contributed by atoms with E-state index in [1.165, 1.54) is 28.8 Å². The van der Waals surface area contributed by atoms with Crippen molar-refractivity contribution in [3.05, 3.63) is 89.6 Å². The van der Waals surface area contributed by atoms with Gasteiger partial charge in [0.1, 0.15) is 5.75 Å².